The van der Waals surface area contributed by atoms with Gasteiger partial charge in [0.1, 0.15) is 29.8 Å². The van der Waals surface area contributed by atoms with Gasteiger partial charge in [0.05, 0.1) is 19.0 Å². The number of aromatic nitrogens is 4. The molecule has 1 amide bonds. The zero-order valence-corrected chi connectivity index (χ0v) is 16.1. The number of nitrogens with zero attached hydrogens (tertiary/aromatic N) is 4. The molecule has 152 valence electrons. The van der Waals surface area contributed by atoms with E-state index in [-0.39, 0.29) is 35.8 Å². The van der Waals surface area contributed by atoms with Gasteiger partial charge in [0, 0.05) is 12.1 Å². The third-order valence-electron chi connectivity index (χ3n) is 4.61. The Morgan fingerprint density at radius 3 is 2.70 bits per heavy atom. The van der Waals surface area contributed by atoms with Crippen molar-refractivity contribution in [2.45, 2.75) is 13.1 Å². The lowest BCUT2D eigenvalue weighted by atomic mass is 10.2. The van der Waals surface area contributed by atoms with Crippen molar-refractivity contribution in [3.05, 3.63) is 82.8 Å². The molecule has 0 saturated heterocycles. The molecule has 0 aliphatic heterocycles. The van der Waals surface area contributed by atoms with Crippen molar-refractivity contribution in [3.63, 3.8) is 0 Å². The van der Waals surface area contributed by atoms with Crippen molar-refractivity contribution in [1.82, 2.24) is 24.6 Å². The first kappa shape index (κ1) is 19.3. The third kappa shape index (κ3) is 3.77. The molecule has 0 fully saturated rings. The number of para-hydroxylation sites is 1. The topological polar surface area (TPSA) is 91.0 Å². The molecule has 9 heteroatoms. The number of hydrogen-bond acceptors (Lipinski definition) is 5. The fourth-order valence-corrected chi connectivity index (χ4v) is 3.09. The van der Waals surface area contributed by atoms with E-state index in [9.17, 15) is 14.0 Å². The summed E-state index contributed by atoms with van der Waals surface area (Å²) in [7, 11) is 1.56. The molecule has 0 aliphatic carbocycles. The Labute approximate surface area is 170 Å². The first-order valence-electron chi connectivity index (χ1n) is 9.14. The van der Waals surface area contributed by atoms with Crippen LogP contribution in [0, 0.1) is 5.82 Å². The second-order valence-corrected chi connectivity index (χ2v) is 6.54. The van der Waals surface area contributed by atoms with E-state index in [1.165, 1.54) is 33.9 Å². The molecule has 0 saturated carbocycles. The van der Waals surface area contributed by atoms with Crippen molar-refractivity contribution in [1.29, 1.82) is 0 Å². The Kier molecular flexibility index (Phi) is 5.25. The molecular weight excluding hydrogens is 389 g/mol. The molecule has 0 bridgehead atoms. The van der Waals surface area contributed by atoms with E-state index in [2.05, 4.69) is 15.4 Å². The summed E-state index contributed by atoms with van der Waals surface area (Å²) in [5, 5.41) is 7.21. The molecule has 0 unspecified atom stereocenters. The Hall–Kier alpha value is -4.01. The number of halogens is 1. The summed E-state index contributed by atoms with van der Waals surface area (Å²) >= 11 is 0. The van der Waals surface area contributed by atoms with Crippen molar-refractivity contribution >= 4 is 16.9 Å². The van der Waals surface area contributed by atoms with E-state index in [0.717, 1.165) is 5.56 Å². The van der Waals surface area contributed by atoms with Gasteiger partial charge in [-0.3, -0.25) is 14.2 Å². The van der Waals surface area contributed by atoms with Gasteiger partial charge in [-0.15, -0.1) is 0 Å². The van der Waals surface area contributed by atoms with Crippen LogP contribution in [-0.4, -0.2) is 32.3 Å². The molecule has 0 aliphatic rings. The molecule has 1 N–H and O–H groups in total. The van der Waals surface area contributed by atoms with Crippen LogP contribution in [0.15, 0.2) is 65.8 Å². The van der Waals surface area contributed by atoms with Crippen molar-refractivity contribution in [3.8, 4) is 11.4 Å². The second-order valence-electron chi connectivity index (χ2n) is 6.54. The number of nitrogens with one attached hydrogen (secondary N) is 1. The molecule has 2 aromatic carbocycles. The van der Waals surface area contributed by atoms with Crippen molar-refractivity contribution in [2.75, 3.05) is 7.11 Å². The minimum absolute atomic E-state index is 0.182. The summed E-state index contributed by atoms with van der Waals surface area (Å²) < 4.78 is 21.1. The van der Waals surface area contributed by atoms with Gasteiger partial charge < -0.3 is 10.1 Å². The van der Waals surface area contributed by atoms with Gasteiger partial charge >= 0.3 is 0 Å². The fraction of sp³-hybridized carbons (Fsp3) is 0.143. The van der Waals surface area contributed by atoms with Gasteiger partial charge in [0.25, 0.3) is 5.56 Å². The van der Waals surface area contributed by atoms with Gasteiger partial charge in [-0.05, 0) is 30.3 Å². The summed E-state index contributed by atoms with van der Waals surface area (Å²) in [5.41, 5.74) is 1.35. The number of methoxy groups -OCH3 is 1. The van der Waals surface area contributed by atoms with Crippen molar-refractivity contribution < 1.29 is 13.9 Å². The van der Waals surface area contributed by atoms with Crippen LogP contribution in [0.25, 0.3) is 16.7 Å². The number of carbonyl (C=O) groups is 1. The summed E-state index contributed by atoms with van der Waals surface area (Å²) in [6.45, 7) is 0.0917. The van der Waals surface area contributed by atoms with Crippen LogP contribution in [0.2, 0.25) is 0 Å². The quantitative estimate of drug-likeness (QED) is 0.528. The maximum absolute atomic E-state index is 13.2. The zero-order chi connectivity index (χ0) is 21.1. The van der Waals surface area contributed by atoms with E-state index in [0.29, 0.717) is 17.1 Å². The van der Waals surface area contributed by atoms with Crippen molar-refractivity contribution in [2.24, 2.45) is 0 Å². The highest BCUT2D eigenvalue weighted by Crippen LogP contribution is 2.17. The Balaban J connectivity index is 1.52. The summed E-state index contributed by atoms with van der Waals surface area (Å²) in [6.07, 6.45) is 2.69. The summed E-state index contributed by atoms with van der Waals surface area (Å²) in [5.74, 6) is -0.0361. The molecule has 30 heavy (non-hydrogen) atoms. The molecule has 2 heterocycles. The minimum atomic E-state index is -0.388. The van der Waals surface area contributed by atoms with Crippen LogP contribution in [0.5, 0.6) is 5.75 Å². The predicted octanol–water partition coefficient (Wildman–Crippen LogP) is 2.05. The van der Waals surface area contributed by atoms with E-state index in [1.54, 1.807) is 19.2 Å². The highest BCUT2D eigenvalue weighted by Gasteiger charge is 2.13. The highest BCUT2D eigenvalue weighted by molar-refractivity contribution is 5.77. The fourth-order valence-electron chi connectivity index (χ4n) is 3.09. The number of amides is 1. The number of carbonyl (C=O) groups excluding carboxylic acids is 1. The van der Waals surface area contributed by atoms with E-state index < -0.39 is 0 Å². The van der Waals surface area contributed by atoms with E-state index in [1.807, 2.05) is 24.3 Å². The van der Waals surface area contributed by atoms with Gasteiger partial charge in [-0.1, -0.05) is 18.2 Å². The van der Waals surface area contributed by atoms with Gasteiger partial charge in [-0.25, -0.2) is 14.1 Å². The number of fused-ring (bicyclic) bond motifs is 1. The minimum Gasteiger partial charge on any atom is -0.496 e. The lowest BCUT2D eigenvalue weighted by molar-refractivity contribution is -0.121. The van der Waals surface area contributed by atoms with Gasteiger partial charge in [-0.2, -0.15) is 5.10 Å². The smallest absolute Gasteiger partial charge is 0.264 e. The molecule has 4 aromatic rings. The lowest BCUT2D eigenvalue weighted by Crippen LogP contribution is -2.32. The second kappa shape index (κ2) is 8.16. The molecule has 0 atom stereocenters. The average Bonchev–Trinajstić information content (AvgIpc) is 3.20. The maximum Gasteiger partial charge on any atom is 0.264 e. The molecule has 0 radical (unpaired) electrons. The Morgan fingerprint density at radius 2 is 1.93 bits per heavy atom. The number of benzene rings is 2. The van der Waals surface area contributed by atoms with Crippen LogP contribution in [-0.2, 0) is 17.9 Å². The predicted molar refractivity (Wildman–Crippen MR) is 108 cm³/mol. The largest absolute Gasteiger partial charge is 0.496 e. The number of ether oxygens (including phenoxy) is 1. The standard InChI is InChI=1S/C21H18FN5O3/c1-30-18-5-3-2-4-14(18)10-23-19(28)12-26-13-24-20-17(21(26)29)11-25-27(20)16-8-6-15(22)7-9-16/h2-9,11,13H,10,12H2,1H3,(H,23,28). The summed E-state index contributed by atoms with van der Waals surface area (Å²) in [6, 6.07) is 13.0. The summed E-state index contributed by atoms with van der Waals surface area (Å²) in [4.78, 5) is 29.4. The molecular formula is C21H18FN5O3. The molecule has 2 aromatic heterocycles. The zero-order valence-electron chi connectivity index (χ0n) is 16.1. The molecule has 4 rings (SSSR count). The monoisotopic (exact) mass is 407 g/mol. The van der Waals surface area contributed by atoms with E-state index in [4.69, 9.17) is 4.74 Å². The average molecular weight is 407 g/mol. The number of rotatable bonds is 6. The first-order valence-corrected chi connectivity index (χ1v) is 9.14. The normalized spacial score (nSPS) is 10.9. The molecule has 8 nitrogen and oxygen atoms in total. The highest BCUT2D eigenvalue weighted by atomic mass is 19.1. The van der Waals surface area contributed by atoms with Crippen LogP contribution < -0.4 is 15.6 Å². The molecule has 0 spiro atoms. The maximum atomic E-state index is 13.2. The van der Waals surface area contributed by atoms with Crippen LogP contribution >= 0.6 is 0 Å². The SMILES string of the molecule is COc1ccccc1CNC(=O)Cn1cnc2c(cnn2-c2ccc(F)cc2)c1=O. The third-order valence-corrected chi connectivity index (χ3v) is 4.61. The lowest BCUT2D eigenvalue weighted by Gasteiger charge is -2.10. The van der Waals surface area contributed by atoms with Crippen LogP contribution in [0.3, 0.4) is 0 Å². The van der Waals surface area contributed by atoms with Gasteiger partial charge in [0.15, 0.2) is 5.65 Å². The van der Waals surface area contributed by atoms with Gasteiger partial charge in [0.2, 0.25) is 5.91 Å². The van der Waals surface area contributed by atoms with E-state index >= 15 is 0 Å². The first-order chi connectivity index (χ1) is 14.6. The Morgan fingerprint density at radius 1 is 1.17 bits per heavy atom. The van der Waals surface area contributed by atoms with Crippen LogP contribution in [0.4, 0.5) is 4.39 Å². The van der Waals surface area contributed by atoms with Crippen LogP contribution in [0.1, 0.15) is 5.56 Å². The Bertz CT molecular complexity index is 1260. The number of hydrogen-bond donors (Lipinski definition) is 1.